The SMILES string of the molecule is CC(C(F)(F)C(C)(C)C(F)(F)F)S(=O)(=O)F. The molecule has 1 atom stereocenters. The molecule has 0 bridgehead atoms. The molecule has 0 N–H and O–H groups in total. The molecule has 0 fully saturated rings. The molecular weight excluding hydrogens is 262 g/mol. The van der Waals surface area contributed by atoms with E-state index in [1.54, 1.807) is 0 Å². The molecule has 0 saturated heterocycles. The molecule has 9 heteroatoms. The molecule has 0 aliphatic carbocycles. The van der Waals surface area contributed by atoms with Crippen LogP contribution in [0.5, 0.6) is 0 Å². The lowest BCUT2D eigenvalue weighted by molar-refractivity contribution is -0.284. The zero-order valence-corrected chi connectivity index (χ0v) is 9.39. The molecule has 0 heterocycles. The predicted molar refractivity (Wildman–Crippen MR) is 44.3 cm³/mol. The van der Waals surface area contributed by atoms with Gasteiger partial charge in [-0.25, -0.2) is 8.78 Å². The predicted octanol–water partition coefficient (Wildman–Crippen LogP) is 2.90. The van der Waals surface area contributed by atoms with Gasteiger partial charge in [-0.3, -0.25) is 0 Å². The summed E-state index contributed by atoms with van der Waals surface area (Å²) in [5.41, 5.74) is -3.64. The molecule has 0 aliphatic rings. The highest BCUT2D eigenvalue weighted by Crippen LogP contribution is 2.51. The third-order valence-electron chi connectivity index (χ3n) is 2.47. The highest BCUT2D eigenvalue weighted by atomic mass is 32.3. The maximum absolute atomic E-state index is 13.2. The van der Waals surface area contributed by atoms with Gasteiger partial charge in [-0.15, -0.1) is 3.89 Å². The molecule has 2 nitrogen and oxygen atoms in total. The third-order valence-corrected chi connectivity index (χ3v) is 3.62. The van der Waals surface area contributed by atoms with Gasteiger partial charge in [0.1, 0.15) is 5.41 Å². The Hall–Kier alpha value is -0.470. The van der Waals surface area contributed by atoms with Gasteiger partial charge >= 0.3 is 16.4 Å². The Kier molecular flexibility index (Phi) is 3.67. The van der Waals surface area contributed by atoms with Crippen LogP contribution in [-0.2, 0) is 10.2 Å². The topological polar surface area (TPSA) is 34.1 Å². The van der Waals surface area contributed by atoms with Crippen molar-refractivity contribution in [3.63, 3.8) is 0 Å². The normalized spacial score (nSPS) is 17.3. The maximum atomic E-state index is 13.2. The molecule has 0 saturated carbocycles. The van der Waals surface area contributed by atoms with Crippen molar-refractivity contribution in [3.8, 4) is 0 Å². The van der Waals surface area contributed by atoms with Crippen molar-refractivity contribution in [2.75, 3.05) is 0 Å². The molecule has 0 radical (unpaired) electrons. The van der Waals surface area contributed by atoms with Crippen LogP contribution in [0.3, 0.4) is 0 Å². The first-order valence-corrected chi connectivity index (χ1v) is 5.48. The Morgan fingerprint density at radius 2 is 1.31 bits per heavy atom. The Morgan fingerprint density at radius 3 is 1.50 bits per heavy atom. The zero-order valence-electron chi connectivity index (χ0n) is 8.57. The smallest absolute Gasteiger partial charge is 0.204 e. The van der Waals surface area contributed by atoms with Gasteiger partial charge in [-0.2, -0.15) is 21.6 Å². The fourth-order valence-electron chi connectivity index (χ4n) is 0.874. The quantitative estimate of drug-likeness (QED) is 0.584. The molecule has 1 unspecified atom stereocenters. The molecular formula is C7H10F6O2S. The molecule has 0 rings (SSSR count). The highest BCUT2D eigenvalue weighted by Gasteiger charge is 2.67. The van der Waals surface area contributed by atoms with E-state index in [0.717, 1.165) is 0 Å². The van der Waals surface area contributed by atoms with Crippen molar-refractivity contribution in [2.24, 2.45) is 5.41 Å². The van der Waals surface area contributed by atoms with E-state index in [2.05, 4.69) is 0 Å². The fraction of sp³-hybridized carbons (Fsp3) is 1.00. The van der Waals surface area contributed by atoms with Crippen LogP contribution in [-0.4, -0.2) is 25.8 Å². The largest absolute Gasteiger partial charge is 0.399 e. The summed E-state index contributed by atoms with van der Waals surface area (Å²) in [6.07, 6.45) is -5.35. The van der Waals surface area contributed by atoms with Gasteiger partial charge in [-0.1, -0.05) is 0 Å². The lowest BCUT2D eigenvalue weighted by atomic mass is 9.83. The van der Waals surface area contributed by atoms with E-state index >= 15 is 0 Å². The molecule has 0 spiro atoms. The van der Waals surface area contributed by atoms with E-state index in [4.69, 9.17) is 0 Å². The van der Waals surface area contributed by atoms with E-state index in [1.165, 1.54) is 0 Å². The van der Waals surface area contributed by atoms with Crippen LogP contribution in [0.4, 0.5) is 25.8 Å². The minimum Gasteiger partial charge on any atom is -0.204 e. The molecule has 0 aliphatic heterocycles. The number of hydrogen-bond acceptors (Lipinski definition) is 2. The average Bonchev–Trinajstić information content (AvgIpc) is 1.98. The summed E-state index contributed by atoms with van der Waals surface area (Å²) in [5, 5.41) is -3.06. The van der Waals surface area contributed by atoms with E-state index < -0.39 is 33.0 Å². The summed E-state index contributed by atoms with van der Waals surface area (Å²) >= 11 is 0. The number of alkyl halides is 5. The van der Waals surface area contributed by atoms with E-state index in [9.17, 15) is 34.3 Å². The fourth-order valence-corrected chi connectivity index (χ4v) is 1.52. The average molecular weight is 272 g/mol. The summed E-state index contributed by atoms with van der Waals surface area (Å²) in [4.78, 5) is 0. The van der Waals surface area contributed by atoms with Crippen molar-refractivity contribution in [1.82, 2.24) is 0 Å². The van der Waals surface area contributed by atoms with Gasteiger partial charge in [0.15, 0.2) is 5.25 Å². The van der Waals surface area contributed by atoms with E-state index in [1.807, 2.05) is 0 Å². The molecule has 98 valence electrons. The molecule has 0 aromatic carbocycles. The molecule has 0 aromatic heterocycles. The van der Waals surface area contributed by atoms with Crippen LogP contribution in [0.1, 0.15) is 20.8 Å². The second-order valence-electron chi connectivity index (χ2n) is 3.86. The number of hydrogen-bond donors (Lipinski definition) is 0. The Balaban J connectivity index is 5.54. The summed E-state index contributed by atoms with van der Waals surface area (Å²) in [6, 6.07) is 0. The van der Waals surface area contributed by atoms with Crippen molar-refractivity contribution in [1.29, 1.82) is 0 Å². The summed E-state index contributed by atoms with van der Waals surface area (Å²) in [6.45, 7) is 0.437. The minimum absolute atomic E-state index is 0.120. The first-order valence-electron chi connectivity index (χ1n) is 4.03. The van der Waals surface area contributed by atoms with E-state index in [-0.39, 0.29) is 20.8 Å². The second-order valence-corrected chi connectivity index (χ2v) is 5.52. The van der Waals surface area contributed by atoms with Crippen molar-refractivity contribution < 1.29 is 34.3 Å². The standard InChI is InChI=1S/C7H10F6O2S/c1-4(16(13,14)15)6(8,9)5(2,3)7(10,11)12/h4H,1-3H3. The lowest BCUT2D eigenvalue weighted by Gasteiger charge is -2.37. The third kappa shape index (κ3) is 2.44. The molecule has 16 heavy (non-hydrogen) atoms. The van der Waals surface area contributed by atoms with E-state index in [0.29, 0.717) is 0 Å². The van der Waals surface area contributed by atoms with Crippen LogP contribution in [0.15, 0.2) is 0 Å². The van der Waals surface area contributed by atoms with Crippen LogP contribution in [0, 0.1) is 5.41 Å². The van der Waals surface area contributed by atoms with Crippen LogP contribution < -0.4 is 0 Å². The van der Waals surface area contributed by atoms with Gasteiger partial charge in [0.2, 0.25) is 0 Å². The maximum Gasteiger partial charge on any atom is 0.399 e. The summed E-state index contributed by atoms with van der Waals surface area (Å²) < 4.78 is 96.1. The van der Waals surface area contributed by atoms with Crippen LogP contribution >= 0.6 is 0 Å². The van der Waals surface area contributed by atoms with Crippen molar-refractivity contribution >= 4 is 10.2 Å². The Labute approximate surface area is 88.8 Å². The second kappa shape index (κ2) is 3.78. The van der Waals surface area contributed by atoms with Gasteiger partial charge < -0.3 is 0 Å². The first kappa shape index (κ1) is 15.5. The summed E-state index contributed by atoms with van der Waals surface area (Å²) in [7, 11) is -5.75. The monoisotopic (exact) mass is 272 g/mol. The first-order chi connectivity index (χ1) is 6.65. The van der Waals surface area contributed by atoms with Gasteiger partial charge in [-0.05, 0) is 20.8 Å². The van der Waals surface area contributed by atoms with Gasteiger partial charge in [0.25, 0.3) is 5.92 Å². The number of halogens is 6. The zero-order chi connectivity index (χ0) is 13.6. The van der Waals surface area contributed by atoms with Gasteiger partial charge in [0.05, 0.1) is 0 Å². The van der Waals surface area contributed by atoms with Crippen molar-refractivity contribution in [2.45, 2.75) is 38.1 Å². The molecule has 0 aromatic rings. The van der Waals surface area contributed by atoms with Crippen LogP contribution in [0.2, 0.25) is 0 Å². The Bertz CT molecular complexity index is 356. The van der Waals surface area contributed by atoms with Crippen LogP contribution in [0.25, 0.3) is 0 Å². The molecule has 0 amide bonds. The summed E-state index contributed by atoms with van der Waals surface area (Å²) in [5.74, 6) is -4.77. The lowest BCUT2D eigenvalue weighted by Crippen LogP contribution is -2.54. The highest BCUT2D eigenvalue weighted by molar-refractivity contribution is 7.87. The van der Waals surface area contributed by atoms with Gasteiger partial charge in [0, 0.05) is 0 Å². The minimum atomic E-state index is -5.75. The Morgan fingerprint density at radius 1 is 1.00 bits per heavy atom. The van der Waals surface area contributed by atoms with Crippen molar-refractivity contribution in [3.05, 3.63) is 0 Å². The number of rotatable bonds is 3.